The fourth-order valence-electron chi connectivity index (χ4n) is 1.81. The average molecular weight is 293 g/mol. The van der Waals surface area contributed by atoms with E-state index in [1.165, 1.54) is 29.7 Å². The lowest BCUT2D eigenvalue weighted by Crippen LogP contribution is -2.36. The van der Waals surface area contributed by atoms with Gasteiger partial charge in [0.2, 0.25) is 0 Å². The predicted octanol–water partition coefficient (Wildman–Crippen LogP) is -0.629. The lowest BCUT2D eigenvalue weighted by molar-refractivity contribution is 0.708. The van der Waals surface area contributed by atoms with Crippen LogP contribution in [0.3, 0.4) is 0 Å². The molecule has 0 amide bonds. The molecule has 9 nitrogen and oxygen atoms in total. The van der Waals surface area contributed by atoms with Crippen molar-refractivity contribution >= 4 is 22.9 Å². The Balaban J connectivity index is 2.03. The first-order valence-electron chi connectivity index (χ1n) is 5.70. The minimum atomic E-state index is -0.402. The smallest absolute Gasteiger partial charge is 0.327 e. The molecule has 0 radical (unpaired) electrons. The van der Waals surface area contributed by atoms with Crippen LogP contribution in [0.4, 0.5) is 0 Å². The zero-order chi connectivity index (χ0) is 14.3. The number of nitrogens with zero attached hydrogens (tertiary/aromatic N) is 5. The van der Waals surface area contributed by atoms with E-state index < -0.39 is 5.69 Å². The highest BCUT2D eigenvalue weighted by Crippen LogP contribution is 2.19. The number of nitrogens with one attached hydrogen (secondary N) is 2. The summed E-state index contributed by atoms with van der Waals surface area (Å²) in [5, 5.41) is 7.04. The molecule has 0 aliphatic heterocycles. The number of thioether (sulfide) groups is 1. The Kier molecular flexibility index (Phi) is 2.93. The van der Waals surface area contributed by atoms with Gasteiger partial charge in [-0.25, -0.2) is 14.8 Å². The van der Waals surface area contributed by atoms with Gasteiger partial charge in [0.25, 0.3) is 5.56 Å². The fourth-order valence-corrected chi connectivity index (χ4v) is 2.55. The van der Waals surface area contributed by atoms with Crippen LogP contribution >= 0.6 is 11.8 Å². The molecule has 0 bridgehead atoms. The van der Waals surface area contributed by atoms with Crippen molar-refractivity contribution < 1.29 is 0 Å². The van der Waals surface area contributed by atoms with Gasteiger partial charge in [0.1, 0.15) is 12.2 Å². The molecule has 3 rings (SSSR count). The summed E-state index contributed by atoms with van der Waals surface area (Å²) in [6.45, 7) is 0. The maximum Gasteiger partial charge on any atom is 0.332 e. The fraction of sp³-hybridized carbons (Fsp3) is 0.300. The van der Waals surface area contributed by atoms with Crippen LogP contribution in [-0.2, 0) is 19.8 Å². The van der Waals surface area contributed by atoms with E-state index >= 15 is 0 Å². The van der Waals surface area contributed by atoms with Crippen molar-refractivity contribution in [1.29, 1.82) is 0 Å². The number of aromatic amines is 2. The Hall–Kier alpha value is -2.36. The number of hydrogen-bond acceptors (Lipinski definition) is 6. The summed E-state index contributed by atoms with van der Waals surface area (Å²) in [4.78, 5) is 35.0. The molecule has 0 aliphatic rings. The van der Waals surface area contributed by atoms with Crippen LogP contribution in [0.2, 0.25) is 0 Å². The maximum atomic E-state index is 12.0. The van der Waals surface area contributed by atoms with Crippen molar-refractivity contribution in [3.63, 3.8) is 0 Å². The van der Waals surface area contributed by atoms with Gasteiger partial charge in [-0.1, -0.05) is 11.8 Å². The summed E-state index contributed by atoms with van der Waals surface area (Å²) < 4.78 is 2.39. The second-order valence-corrected chi connectivity index (χ2v) is 5.13. The summed E-state index contributed by atoms with van der Waals surface area (Å²) in [7, 11) is 3.02. The molecule has 20 heavy (non-hydrogen) atoms. The van der Waals surface area contributed by atoms with Crippen molar-refractivity contribution in [3.05, 3.63) is 33.0 Å². The number of aromatic nitrogens is 7. The summed E-state index contributed by atoms with van der Waals surface area (Å²) in [5.41, 5.74) is -0.129. The van der Waals surface area contributed by atoms with E-state index in [0.29, 0.717) is 27.9 Å². The number of imidazole rings is 1. The maximum absolute atomic E-state index is 12.0. The largest absolute Gasteiger partial charge is 0.332 e. The third-order valence-electron chi connectivity index (χ3n) is 2.88. The van der Waals surface area contributed by atoms with Gasteiger partial charge in [0.15, 0.2) is 16.3 Å². The van der Waals surface area contributed by atoms with E-state index in [0.717, 1.165) is 4.57 Å². The van der Waals surface area contributed by atoms with Gasteiger partial charge in [0.05, 0.1) is 5.75 Å². The van der Waals surface area contributed by atoms with Crippen LogP contribution in [0.15, 0.2) is 21.1 Å². The van der Waals surface area contributed by atoms with Crippen LogP contribution in [0, 0.1) is 0 Å². The van der Waals surface area contributed by atoms with Gasteiger partial charge < -0.3 is 4.98 Å². The quantitative estimate of drug-likeness (QED) is 0.621. The van der Waals surface area contributed by atoms with Crippen LogP contribution < -0.4 is 11.2 Å². The van der Waals surface area contributed by atoms with Gasteiger partial charge in [-0.2, -0.15) is 5.10 Å². The molecule has 0 spiro atoms. The minimum Gasteiger partial charge on any atom is -0.327 e. The summed E-state index contributed by atoms with van der Waals surface area (Å²) in [6, 6.07) is 0. The molecule has 0 saturated heterocycles. The molecule has 10 heteroatoms. The zero-order valence-corrected chi connectivity index (χ0v) is 11.6. The molecule has 0 unspecified atom stereocenters. The van der Waals surface area contributed by atoms with E-state index in [2.05, 4.69) is 25.1 Å². The summed E-state index contributed by atoms with van der Waals surface area (Å²) in [5.74, 6) is 1.24. The standard InChI is InChI=1S/C10H11N7O2S/c1-16-7-6(8(18)17(2)10(16)19)13-9(14-7)20-3-5-11-4-12-15-5/h4H,3H2,1-2H3,(H,13,14)(H,11,12,15). The van der Waals surface area contributed by atoms with Gasteiger partial charge in [0, 0.05) is 14.1 Å². The first-order valence-corrected chi connectivity index (χ1v) is 6.69. The molecule has 3 aromatic rings. The van der Waals surface area contributed by atoms with Crippen molar-refractivity contribution in [2.24, 2.45) is 14.1 Å². The van der Waals surface area contributed by atoms with Crippen LogP contribution in [0.5, 0.6) is 0 Å². The van der Waals surface area contributed by atoms with Crippen LogP contribution in [0.25, 0.3) is 11.2 Å². The van der Waals surface area contributed by atoms with Crippen molar-refractivity contribution in [3.8, 4) is 0 Å². The van der Waals surface area contributed by atoms with E-state index in [4.69, 9.17) is 0 Å². The molecule has 0 aromatic carbocycles. The number of fused-ring (bicyclic) bond motifs is 1. The Labute approximate surface area is 116 Å². The van der Waals surface area contributed by atoms with E-state index in [1.54, 1.807) is 7.05 Å². The second-order valence-electron chi connectivity index (χ2n) is 4.17. The lowest BCUT2D eigenvalue weighted by Gasteiger charge is -2.00. The van der Waals surface area contributed by atoms with Crippen molar-refractivity contribution in [1.82, 2.24) is 34.3 Å². The SMILES string of the molecule is Cn1c(=O)c2[nH]c(SCc3ncn[nH]3)nc2n(C)c1=O. The molecule has 3 heterocycles. The number of aryl methyl sites for hydroxylation is 1. The highest BCUT2D eigenvalue weighted by molar-refractivity contribution is 7.98. The Bertz CT molecular complexity index is 874. The number of rotatable bonds is 3. The normalized spacial score (nSPS) is 11.3. The Morgan fingerprint density at radius 1 is 1.30 bits per heavy atom. The molecular formula is C10H11N7O2S. The molecule has 0 fully saturated rings. The third-order valence-corrected chi connectivity index (χ3v) is 3.77. The predicted molar refractivity (Wildman–Crippen MR) is 72.5 cm³/mol. The third kappa shape index (κ3) is 1.93. The van der Waals surface area contributed by atoms with E-state index in [1.807, 2.05) is 0 Å². The average Bonchev–Trinajstić information content (AvgIpc) is 3.09. The Morgan fingerprint density at radius 3 is 2.80 bits per heavy atom. The van der Waals surface area contributed by atoms with Crippen LogP contribution in [-0.4, -0.2) is 34.3 Å². The second kappa shape index (κ2) is 4.63. The first kappa shape index (κ1) is 12.7. The van der Waals surface area contributed by atoms with Gasteiger partial charge in [-0.3, -0.25) is 19.0 Å². The topological polar surface area (TPSA) is 114 Å². The van der Waals surface area contributed by atoms with Crippen molar-refractivity contribution in [2.45, 2.75) is 10.9 Å². The highest BCUT2D eigenvalue weighted by Gasteiger charge is 2.13. The summed E-state index contributed by atoms with van der Waals surface area (Å²) >= 11 is 1.37. The molecule has 0 atom stereocenters. The van der Waals surface area contributed by atoms with E-state index in [-0.39, 0.29) is 5.56 Å². The highest BCUT2D eigenvalue weighted by atomic mass is 32.2. The Morgan fingerprint density at radius 2 is 2.10 bits per heavy atom. The molecule has 2 N–H and O–H groups in total. The van der Waals surface area contributed by atoms with Crippen molar-refractivity contribution in [2.75, 3.05) is 0 Å². The van der Waals surface area contributed by atoms with Gasteiger partial charge in [-0.05, 0) is 0 Å². The van der Waals surface area contributed by atoms with Crippen LogP contribution in [0.1, 0.15) is 5.82 Å². The number of H-pyrrole nitrogens is 2. The molecule has 0 saturated carbocycles. The van der Waals surface area contributed by atoms with Gasteiger partial charge >= 0.3 is 5.69 Å². The monoisotopic (exact) mass is 293 g/mol. The molecule has 0 aliphatic carbocycles. The lowest BCUT2D eigenvalue weighted by atomic mass is 10.5. The molecule has 3 aromatic heterocycles. The first-order chi connectivity index (χ1) is 9.58. The molecule has 104 valence electrons. The zero-order valence-electron chi connectivity index (χ0n) is 10.7. The molecular weight excluding hydrogens is 282 g/mol. The van der Waals surface area contributed by atoms with Gasteiger partial charge in [-0.15, -0.1) is 0 Å². The number of hydrogen-bond donors (Lipinski definition) is 2. The van der Waals surface area contributed by atoms with E-state index in [9.17, 15) is 9.59 Å². The minimum absolute atomic E-state index is 0.315. The summed E-state index contributed by atoms with van der Waals surface area (Å²) in [6.07, 6.45) is 1.42.